The Morgan fingerprint density at radius 2 is 2.06 bits per heavy atom. The molecule has 0 aliphatic carbocycles. The first-order valence-corrected chi connectivity index (χ1v) is 5.26. The molecule has 94 valence electrons. The molecule has 0 aliphatic rings. The number of benzene rings is 1. The van der Waals surface area contributed by atoms with E-state index in [1.807, 2.05) is 0 Å². The van der Waals surface area contributed by atoms with E-state index in [1.165, 1.54) is 24.3 Å². The van der Waals surface area contributed by atoms with Crippen molar-refractivity contribution in [2.45, 2.75) is 13.0 Å². The molecular formula is C13H11FO4. The molecule has 2 N–H and O–H groups in total. The van der Waals surface area contributed by atoms with Gasteiger partial charge in [-0.15, -0.1) is 0 Å². The molecule has 1 aromatic heterocycles. The van der Waals surface area contributed by atoms with Gasteiger partial charge in [0.05, 0.1) is 0 Å². The minimum absolute atomic E-state index is 0.00449. The number of aryl methyl sites for hydroxylation is 1. The molecule has 0 saturated heterocycles. The molecule has 0 aliphatic heterocycles. The van der Waals surface area contributed by atoms with Crippen molar-refractivity contribution in [1.82, 2.24) is 0 Å². The van der Waals surface area contributed by atoms with Crippen LogP contribution in [-0.2, 0) is 0 Å². The third-order valence-corrected chi connectivity index (χ3v) is 2.56. The van der Waals surface area contributed by atoms with Crippen LogP contribution in [0.3, 0.4) is 0 Å². The molecule has 1 atom stereocenters. The maximum atomic E-state index is 13.6. The van der Waals surface area contributed by atoms with Crippen LogP contribution >= 0.6 is 0 Å². The highest BCUT2D eigenvalue weighted by Gasteiger charge is 2.20. The topological polar surface area (TPSA) is 70.7 Å². The number of furan rings is 1. The first-order valence-electron chi connectivity index (χ1n) is 5.26. The van der Waals surface area contributed by atoms with Crippen molar-refractivity contribution in [3.05, 3.63) is 58.8 Å². The van der Waals surface area contributed by atoms with E-state index in [1.54, 1.807) is 13.0 Å². The van der Waals surface area contributed by atoms with Crippen molar-refractivity contribution in [3.63, 3.8) is 0 Å². The molecule has 2 aromatic rings. The number of hydrogen-bond acceptors (Lipinski definition) is 3. The van der Waals surface area contributed by atoms with Gasteiger partial charge >= 0.3 is 5.97 Å². The predicted molar refractivity (Wildman–Crippen MR) is 60.9 cm³/mol. The summed E-state index contributed by atoms with van der Waals surface area (Å²) >= 11 is 0. The number of aromatic carboxylic acids is 1. The van der Waals surface area contributed by atoms with Gasteiger partial charge in [0.25, 0.3) is 0 Å². The van der Waals surface area contributed by atoms with Crippen molar-refractivity contribution in [2.24, 2.45) is 0 Å². The SMILES string of the molecule is Cc1ccc(C(O)c2ccc(C(=O)O)o2)c(F)c1. The molecule has 0 spiro atoms. The normalized spacial score (nSPS) is 12.4. The molecular weight excluding hydrogens is 239 g/mol. The second kappa shape index (κ2) is 4.62. The summed E-state index contributed by atoms with van der Waals surface area (Å²) < 4.78 is 18.6. The van der Waals surface area contributed by atoms with E-state index >= 15 is 0 Å². The Labute approximate surface area is 102 Å². The zero-order chi connectivity index (χ0) is 13.3. The number of aliphatic hydroxyl groups excluding tert-OH is 1. The van der Waals surface area contributed by atoms with Crippen molar-refractivity contribution < 1.29 is 23.8 Å². The van der Waals surface area contributed by atoms with E-state index in [0.717, 1.165) is 5.56 Å². The maximum absolute atomic E-state index is 13.6. The largest absolute Gasteiger partial charge is 0.475 e. The number of carboxylic acid groups (broad SMARTS) is 1. The summed E-state index contributed by atoms with van der Waals surface area (Å²) in [6.45, 7) is 1.73. The molecule has 0 saturated carbocycles. The Morgan fingerprint density at radius 3 is 2.61 bits per heavy atom. The first kappa shape index (κ1) is 12.3. The van der Waals surface area contributed by atoms with Crippen LogP contribution in [0.2, 0.25) is 0 Å². The van der Waals surface area contributed by atoms with Crippen molar-refractivity contribution >= 4 is 5.97 Å². The Balaban J connectivity index is 2.35. The molecule has 0 amide bonds. The zero-order valence-corrected chi connectivity index (χ0v) is 9.55. The van der Waals surface area contributed by atoms with E-state index in [-0.39, 0.29) is 17.1 Å². The highest BCUT2D eigenvalue weighted by Crippen LogP contribution is 2.26. The van der Waals surface area contributed by atoms with Crippen LogP contribution < -0.4 is 0 Å². The van der Waals surface area contributed by atoms with Crippen molar-refractivity contribution in [2.75, 3.05) is 0 Å². The highest BCUT2D eigenvalue weighted by molar-refractivity contribution is 5.84. The minimum atomic E-state index is -1.32. The fourth-order valence-electron chi connectivity index (χ4n) is 1.62. The van der Waals surface area contributed by atoms with Gasteiger partial charge in [0.2, 0.25) is 5.76 Å². The summed E-state index contributed by atoms with van der Waals surface area (Å²) in [5.74, 6) is -2.10. The van der Waals surface area contributed by atoms with E-state index in [2.05, 4.69) is 0 Å². The monoisotopic (exact) mass is 250 g/mol. The third-order valence-electron chi connectivity index (χ3n) is 2.56. The van der Waals surface area contributed by atoms with Gasteiger partial charge in [0.1, 0.15) is 17.7 Å². The maximum Gasteiger partial charge on any atom is 0.371 e. The van der Waals surface area contributed by atoms with E-state index in [0.29, 0.717) is 0 Å². The summed E-state index contributed by atoms with van der Waals surface area (Å²) in [4.78, 5) is 10.6. The van der Waals surface area contributed by atoms with Crippen LogP contribution in [0, 0.1) is 12.7 Å². The van der Waals surface area contributed by atoms with Crippen LogP contribution in [-0.4, -0.2) is 16.2 Å². The Morgan fingerprint density at radius 1 is 1.33 bits per heavy atom. The van der Waals surface area contributed by atoms with Gasteiger partial charge in [-0.25, -0.2) is 9.18 Å². The molecule has 2 rings (SSSR count). The molecule has 5 heteroatoms. The molecule has 18 heavy (non-hydrogen) atoms. The fraction of sp³-hybridized carbons (Fsp3) is 0.154. The van der Waals surface area contributed by atoms with Crippen molar-refractivity contribution in [3.8, 4) is 0 Å². The number of hydrogen-bond donors (Lipinski definition) is 2. The van der Waals surface area contributed by atoms with Gasteiger partial charge in [0.15, 0.2) is 0 Å². The van der Waals surface area contributed by atoms with Crippen LogP contribution in [0.25, 0.3) is 0 Å². The summed E-state index contributed by atoms with van der Waals surface area (Å²) in [6.07, 6.45) is -1.32. The quantitative estimate of drug-likeness (QED) is 0.878. The Hall–Kier alpha value is -2.14. The minimum Gasteiger partial charge on any atom is -0.475 e. The predicted octanol–water partition coefficient (Wildman–Crippen LogP) is 2.51. The Kier molecular flexibility index (Phi) is 3.16. The van der Waals surface area contributed by atoms with Gasteiger partial charge in [-0.05, 0) is 30.7 Å². The molecule has 0 fully saturated rings. The van der Waals surface area contributed by atoms with E-state index in [4.69, 9.17) is 9.52 Å². The molecule has 0 radical (unpaired) electrons. The van der Waals surface area contributed by atoms with Crippen LogP contribution in [0.4, 0.5) is 4.39 Å². The van der Waals surface area contributed by atoms with Crippen LogP contribution in [0.5, 0.6) is 0 Å². The average Bonchev–Trinajstić information content (AvgIpc) is 2.77. The summed E-state index contributed by atoms with van der Waals surface area (Å²) in [5.41, 5.74) is 0.779. The van der Waals surface area contributed by atoms with Crippen LogP contribution in [0.15, 0.2) is 34.7 Å². The molecule has 1 unspecified atom stereocenters. The summed E-state index contributed by atoms with van der Waals surface area (Å²) in [6, 6.07) is 6.92. The molecule has 1 heterocycles. The van der Waals surface area contributed by atoms with Gasteiger partial charge in [0, 0.05) is 5.56 Å². The number of rotatable bonds is 3. The smallest absolute Gasteiger partial charge is 0.371 e. The molecule has 1 aromatic carbocycles. The average molecular weight is 250 g/mol. The second-order valence-corrected chi connectivity index (χ2v) is 3.93. The lowest BCUT2D eigenvalue weighted by molar-refractivity contribution is 0.0655. The standard InChI is InChI=1S/C13H11FO4/c1-7-2-3-8(9(14)6-7)12(15)10-4-5-11(18-10)13(16)17/h2-6,12,15H,1H3,(H,16,17). The van der Waals surface area contributed by atoms with Crippen LogP contribution in [0.1, 0.15) is 33.5 Å². The zero-order valence-electron chi connectivity index (χ0n) is 9.55. The molecule has 0 bridgehead atoms. The summed E-state index contributed by atoms with van der Waals surface area (Å²) in [5, 5.41) is 18.6. The molecule has 4 nitrogen and oxygen atoms in total. The van der Waals surface area contributed by atoms with E-state index in [9.17, 15) is 14.3 Å². The van der Waals surface area contributed by atoms with Gasteiger partial charge in [-0.2, -0.15) is 0 Å². The second-order valence-electron chi connectivity index (χ2n) is 3.93. The highest BCUT2D eigenvalue weighted by atomic mass is 19.1. The number of carbonyl (C=O) groups is 1. The first-order chi connectivity index (χ1) is 8.49. The van der Waals surface area contributed by atoms with Crippen molar-refractivity contribution in [1.29, 1.82) is 0 Å². The van der Waals surface area contributed by atoms with E-state index < -0.39 is 17.9 Å². The summed E-state index contributed by atoms with van der Waals surface area (Å²) in [7, 11) is 0. The number of carboxylic acids is 1. The van der Waals surface area contributed by atoms with Gasteiger partial charge in [-0.3, -0.25) is 0 Å². The van der Waals surface area contributed by atoms with Gasteiger partial charge < -0.3 is 14.6 Å². The van der Waals surface area contributed by atoms with Gasteiger partial charge in [-0.1, -0.05) is 12.1 Å². The Bertz CT molecular complexity index is 588. The number of halogens is 1. The lowest BCUT2D eigenvalue weighted by atomic mass is 10.0. The lowest BCUT2D eigenvalue weighted by Gasteiger charge is -2.09. The fourth-order valence-corrected chi connectivity index (χ4v) is 1.62. The number of aliphatic hydroxyl groups is 1. The third kappa shape index (κ3) is 2.26. The lowest BCUT2D eigenvalue weighted by Crippen LogP contribution is -2.02.